The summed E-state index contributed by atoms with van der Waals surface area (Å²) < 4.78 is 34.9. The van der Waals surface area contributed by atoms with Gasteiger partial charge in [0.15, 0.2) is 0 Å². The molecule has 0 aromatic heterocycles. The summed E-state index contributed by atoms with van der Waals surface area (Å²) in [5.41, 5.74) is 1.15. The van der Waals surface area contributed by atoms with Gasteiger partial charge in [0.25, 0.3) is 5.91 Å². The van der Waals surface area contributed by atoms with Crippen LogP contribution in [0, 0.1) is 0 Å². The topological polar surface area (TPSA) is 78.9 Å². The minimum atomic E-state index is -0.615. The molecule has 0 bridgehead atoms. The lowest BCUT2D eigenvalue weighted by molar-refractivity contribution is -0.0456. The molecule has 2 aliphatic heterocycles. The highest BCUT2D eigenvalue weighted by atomic mass is 16.6. The van der Waals surface area contributed by atoms with Crippen molar-refractivity contribution in [2.45, 2.75) is 18.4 Å². The van der Waals surface area contributed by atoms with Crippen LogP contribution < -0.4 is 0 Å². The first-order valence-corrected chi connectivity index (χ1v) is 14.1. The van der Waals surface area contributed by atoms with Crippen LogP contribution in [0.1, 0.15) is 28.8 Å². The van der Waals surface area contributed by atoms with Gasteiger partial charge < -0.3 is 38.2 Å². The molecule has 0 aliphatic carbocycles. The number of hydrogen-bond donors (Lipinski definition) is 0. The van der Waals surface area contributed by atoms with Crippen LogP contribution in [0.25, 0.3) is 10.8 Å². The molecular formula is C30H44N2O7. The zero-order valence-electron chi connectivity index (χ0n) is 23.5. The van der Waals surface area contributed by atoms with E-state index in [2.05, 4.69) is 23.1 Å². The summed E-state index contributed by atoms with van der Waals surface area (Å²) in [7, 11) is 4.08. The molecule has 39 heavy (non-hydrogen) atoms. The Kier molecular flexibility index (Phi) is 12.0. The highest BCUT2D eigenvalue weighted by Crippen LogP contribution is 2.44. The van der Waals surface area contributed by atoms with Crippen molar-refractivity contribution >= 4 is 16.7 Å². The summed E-state index contributed by atoms with van der Waals surface area (Å²) in [5.74, 6) is 0.0236. The van der Waals surface area contributed by atoms with Crippen molar-refractivity contribution in [3.63, 3.8) is 0 Å². The van der Waals surface area contributed by atoms with Gasteiger partial charge in [-0.1, -0.05) is 24.3 Å². The van der Waals surface area contributed by atoms with Crippen LogP contribution in [-0.2, 0) is 34.0 Å². The number of rotatable bonds is 7. The van der Waals surface area contributed by atoms with Gasteiger partial charge in [-0.15, -0.1) is 0 Å². The van der Waals surface area contributed by atoms with Crippen LogP contribution >= 0.6 is 0 Å². The van der Waals surface area contributed by atoms with E-state index < -0.39 is 5.54 Å². The van der Waals surface area contributed by atoms with Crippen molar-refractivity contribution in [3.8, 4) is 0 Å². The van der Waals surface area contributed by atoms with Crippen LogP contribution in [0.3, 0.4) is 0 Å². The van der Waals surface area contributed by atoms with Gasteiger partial charge in [-0.05, 0) is 55.4 Å². The first-order chi connectivity index (χ1) is 19.1. The number of amides is 1. The first kappa shape index (κ1) is 29.9. The van der Waals surface area contributed by atoms with E-state index in [1.165, 1.54) is 0 Å². The minimum absolute atomic E-state index is 0.0236. The third-order valence-corrected chi connectivity index (χ3v) is 7.23. The van der Waals surface area contributed by atoms with Gasteiger partial charge in [-0.25, -0.2) is 0 Å². The Labute approximate surface area is 232 Å². The van der Waals surface area contributed by atoms with Crippen molar-refractivity contribution in [2.24, 2.45) is 0 Å². The van der Waals surface area contributed by atoms with E-state index in [1.54, 1.807) is 0 Å². The Balaban J connectivity index is 1.57. The van der Waals surface area contributed by atoms with Crippen molar-refractivity contribution in [1.29, 1.82) is 0 Å². The number of likely N-dealkylation sites (N-methyl/N-ethyl adjacent to an activating group) is 1. The zero-order valence-corrected chi connectivity index (χ0v) is 23.5. The first-order valence-electron chi connectivity index (χ1n) is 14.1. The molecule has 1 atom stereocenters. The number of hydrogen-bond acceptors (Lipinski definition) is 8. The quantitative estimate of drug-likeness (QED) is 0.493. The fraction of sp³-hybridized carbons (Fsp3) is 0.633. The van der Waals surface area contributed by atoms with E-state index >= 15 is 0 Å². The SMILES string of the molecule is CN(C)CCOCCCC12COCCOCCOCCOCCOCCN1C(=O)c1cc3ccccc3cc12. The zero-order chi connectivity index (χ0) is 27.3. The Bertz CT molecular complexity index is 1030. The maximum absolute atomic E-state index is 13.9. The van der Waals surface area contributed by atoms with Crippen LogP contribution in [-0.4, -0.2) is 122 Å². The number of carbonyl (C=O) groups excluding carboxylic acids is 1. The van der Waals surface area contributed by atoms with Gasteiger partial charge in [0, 0.05) is 25.3 Å². The fourth-order valence-electron chi connectivity index (χ4n) is 5.19. The second-order valence-electron chi connectivity index (χ2n) is 10.3. The Morgan fingerprint density at radius 3 is 2.05 bits per heavy atom. The maximum Gasteiger partial charge on any atom is 0.255 e. The number of fused-ring (bicyclic) bond motifs is 4. The third-order valence-electron chi connectivity index (χ3n) is 7.23. The average molecular weight is 545 g/mol. The summed E-state index contributed by atoms with van der Waals surface area (Å²) in [4.78, 5) is 18.0. The summed E-state index contributed by atoms with van der Waals surface area (Å²) >= 11 is 0. The summed E-state index contributed by atoms with van der Waals surface area (Å²) in [5, 5.41) is 2.17. The van der Waals surface area contributed by atoms with Crippen LogP contribution in [0.15, 0.2) is 36.4 Å². The summed E-state index contributed by atoms with van der Waals surface area (Å²) in [6, 6.07) is 12.4. The molecule has 4 rings (SSSR count). The van der Waals surface area contributed by atoms with Gasteiger partial charge in [0.2, 0.25) is 0 Å². The molecule has 9 heteroatoms. The molecule has 216 valence electrons. The molecule has 2 aromatic rings. The molecular weight excluding hydrogens is 500 g/mol. The van der Waals surface area contributed by atoms with Crippen molar-refractivity contribution in [1.82, 2.24) is 9.80 Å². The van der Waals surface area contributed by atoms with E-state index in [4.69, 9.17) is 28.4 Å². The van der Waals surface area contributed by atoms with Gasteiger partial charge in [0.1, 0.15) is 0 Å². The fourth-order valence-corrected chi connectivity index (χ4v) is 5.19. The van der Waals surface area contributed by atoms with Crippen molar-refractivity contribution in [2.75, 3.05) is 106 Å². The molecule has 2 heterocycles. The van der Waals surface area contributed by atoms with Crippen molar-refractivity contribution in [3.05, 3.63) is 47.5 Å². The summed E-state index contributed by atoms with van der Waals surface area (Å²) in [6.45, 7) is 7.34. The average Bonchev–Trinajstić information content (AvgIpc) is 3.15. The van der Waals surface area contributed by atoms with E-state index in [0.29, 0.717) is 85.8 Å². The molecule has 2 aliphatic rings. The van der Waals surface area contributed by atoms with E-state index in [0.717, 1.165) is 41.3 Å². The van der Waals surface area contributed by atoms with Crippen molar-refractivity contribution < 1.29 is 33.2 Å². The standard InChI is InChI=1S/C30H44N2O7/c1-31(2)9-12-34-11-5-8-30-24-39-21-20-38-19-18-37-17-16-36-15-14-35-13-10-32(30)29(33)27-22-25-6-3-4-7-26(25)23-28(27)30/h3-4,6-7,22-23H,5,8-21,24H2,1-2H3. The van der Waals surface area contributed by atoms with E-state index in [1.807, 2.05) is 37.2 Å². The second-order valence-corrected chi connectivity index (χ2v) is 10.3. The molecule has 2 aromatic carbocycles. The van der Waals surface area contributed by atoms with Crippen LogP contribution in [0.2, 0.25) is 0 Å². The lowest BCUT2D eigenvalue weighted by atomic mass is 9.84. The number of nitrogens with zero attached hydrogens (tertiary/aromatic N) is 2. The smallest absolute Gasteiger partial charge is 0.255 e. The van der Waals surface area contributed by atoms with Gasteiger partial charge >= 0.3 is 0 Å². The summed E-state index contributed by atoms with van der Waals surface area (Å²) in [6.07, 6.45) is 1.53. The molecule has 0 radical (unpaired) electrons. The number of benzene rings is 2. The van der Waals surface area contributed by atoms with Gasteiger partial charge in [-0.3, -0.25) is 4.79 Å². The van der Waals surface area contributed by atoms with E-state index in [9.17, 15) is 4.79 Å². The Hall–Kier alpha value is -2.11. The molecule has 0 N–H and O–H groups in total. The molecule has 1 saturated heterocycles. The molecule has 1 amide bonds. The largest absolute Gasteiger partial charge is 0.380 e. The second kappa shape index (κ2) is 15.6. The molecule has 1 unspecified atom stereocenters. The van der Waals surface area contributed by atoms with Crippen LogP contribution in [0.4, 0.5) is 0 Å². The highest BCUT2D eigenvalue weighted by molar-refractivity contribution is 6.04. The normalized spacial score (nSPS) is 22.4. The molecule has 9 nitrogen and oxygen atoms in total. The molecule has 0 saturated carbocycles. The Morgan fingerprint density at radius 2 is 1.41 bits per heavy atom. The predicted octanol–water partition coefficient (Wildman–Crippen LogP) is 2.95. The van der Waals surface area contributed by atoms with E-state index in [-0.39, 0.29) is 5.91 Å². The lowest BCUT2D eigenvalue weighted by Crippen LogP contribution is -2.49. The third kappa shape index (κ3) is 8.20. The van der Waals surface area contributed by atoms with Gasteiger partial charge in [-0.2, -0.15) is 0 Å². The number of ether oxygens (including phenoxy) is 6. The molecule has 0 spiro atoms. The highest BCUT2D eigenvalue weighted by Gasteiger charge is 2.49. The monoisotopic (exact) mass is 544 g/mol. The number of carbonyl (C=O) groups is 1. The Morgan fingerprint density at radius 1 is 0.821 bits per heavy atom. The van der Waals surface area contributed by atoms with Gasteiger partial charge in [0.05, 0.1) is 78.2 Å². The lowest BCUT2D eigenvalue weighted by Gasteiger charge is -2.39. The molecule has 1 fully saturated rings. The van der Waals surface area contributed by atoms with Crippen LogP contribution in [0.5, 0.6) is 0 Å². The maximum atomic E-state index is 13.9. The minimum Gasteiger partial charge on any atom is -0.380 e. The predicted molar refractivity (Wildman–Crippen MR) is 149 cm³/mol.